The molecule has 0 unspecified atom stereocenters. The second-order valence-corrected chi connectivity index (χ2v) is 7.24. The topological polar surface area (TPSA) is 25.4 Å². The molecule has 0 N–H and O–H groups in total. The summed E-state index contributed by atoms with van der Waals surface area (Å²) in [5.41, 5.74) is 2.53. The van der Waals surface area contributed by atoms with Crippen LogP contribution in [0.4, 0.5) is 0 Å². The van der Waals surface area contributed by atoms with E-state index in [0.29, 0.717) is 0 Å². The number of rotatable bonds is 5. The van der Waals surface area contributed by atoms with Crippen molar-refractivity contribution < 1.29 is 4.74 Å². The van der Waals surface area contributed by atoms with E-state index in [9.17, 15) is 0 Å². The maximum absolute atomic E-state index is 5.21. The largest absolute Gasteiger partial charge is 0.497 e. The minimum absolute atomic E-state index is 0.908. The van der Waals surface area contributed by atoms with Gasteiger partial charge in [-0.25, -0.2) is 4.98 Å². The van der Waals surface area contributed by atoms with Gasteiger partial charge in [0.2, 0.25) is 0 Å². The average molecular weight is 330 g/mol. The van der Waals surface area contributed by atoms with Crippen LogP contribution in [0.25, 0.3) is 0 Å². The maximum atomic E-state index is 5.21. The van der Waals surface area contributed by atoms with Crippen LogP contribution in [-0.2, 0) is 13.0 Å². The van der Waals surface area contributed by atoms with Crippen LogP contribution in [0.3, 0.4) is 0 Å². The van der Waals surface area contributed by atoms with Gasteiger partial charge in [-0.1, -0.05) is 31.4 Å². The number of hydrogen-bond acceptors (Lipinski definition) is 4. The summed E-state index contributed by atoms with van der Waals surface area (Å²) < 4.78 is 5.21. The highest BCUT2D eigenvalue weighted by atomic mass is 32.1. The summed E-state index contributed by atoms with van der Waals surface area (Å²) in [6.45, 7) is 3.47. The first-order valence-electron chi connectivity index (χ1n) is 8.62. The fourth-order valence-corrected chi connectivity index (χ4v) is 3.94. The number of thiazole rings is 1. The van der Waals surface area contributed by atoms with Gasteiger partial charge in [-0.15, -0.1) is 11.3 Å². The molecule has 0 bridgehead atoms. The molecule has 23 heavy (non-hydrogen) atoms. The molecule has 1 aromatic heterocycles. The van der Waals surface area contributed by atoms with Crippen LogP contribution in [-0.4, -0.2) is 30.1 Å². The predicted molar refractivity (Wildman–Crippen MR) is 96.3 cm³/mol. The molecule has 0 aliphatic carbocycles. The predicted octanol–water partition coefficient (Wildman–Crippen LogP) is 4.51. The van der Waals surface area contributed by atoms with Crippen LogP contribution >= 0.6 is 11.3 Å². The van der Waals surface area contributed by atoms with Crippen LogP contribution in [0, 0.1) is 0 Å². The van der Waals surface area contributed by atoms with Crippen LogP contribution < -0.4 is 4.74 Å². The molecule has 1 aliphatic heterocycles. The van der Waals surface area contributed by atoms with Crippen molar-refractivity contribution in [1.82, 2.24) is 9.88 Å². The minimum Gasteiger partial charge on any atom is -0.497 e. The second-order valence-electron chi connectivity index (χ2n) is 6.30. The second kappa shape index (κ2) is 8.46. The lowest BCUT2D eigenvalue weighted by atomic mass is 10.1. The van der Waals surface area contributed by atoms with E-state index in [0.717, 1.165) is 18.7 Å². The van der Waals surface area contributed by atoms with E-state index < -0.39 is 0 Å². The van der Waals surface area contributed by atoms with Crippen molar-refractivity contribution in [2.45, 2.75) is 45.1 Å². The molecule has 2 aromatic rings. The third-order valence-corrected chi connectivity index (χ3v) is 5.35. The Morgan fingerprint density at radius 2 is 1.74 bits per heavy atom. The number of methoxy groups -OCH3 is 1. The van der Waals surface area contributed by atoms with Crippen LogP contribution in [0.5, 0.6) is 5.75 Å². The van der Waals surface area contributed by atoms with Crippen molar-refractivity contribution in [3.8, 4) is 5.75 Å². The summed E-state index contributed by atoms with van der Waals surface area (Å²) in [5.74, 6) is 0.908. The Labute approximate surface area is 143 Å². The minimum atomic E-state index is 0.908. The first-order valence-corrected chi connectivity index (χ1v) is 9.50. The number of benzene rings is 1. The van der Waals surface area contributed by atoms with Gasteiger partial charge in [0.05, 0.1) is 17.8 Å². The van der Waals surface area contributed by atoms with E-state index >= 15 is 0 Å². The fraction of sp³-hybridized carbons (Fsp3) is 0.526. The van der Waals surface area contributed by atoms with Crippen molar-refractivity contribution in [3.05, 3.63) is 45.9 Å². The standard InChI is InChI=1S/C19H26N2OS/c1-22-18-9-7-16(8-10-18)13-19-20-17(15-23-19)14-21-11-5-3-2-4-6-12-21/h7-10,15H,2-6,11-14H2,1H3. The normalized spacial score (nSPS) is 16.7. The van der Waals surface area contributed by atoms with E-state index in [1.165, 1.54) is 61.5 Å². The molecule has 3 rings (SSSR count). The van der Waals surface area contributed by atoms with E-state index in [2.05, 4.69) is 22.4 Å². The van der Waals surface area contributed by atoms with Gasteiger partial charge in [0, 0.05) is 18.3 Å². The molecule has 1 aliphatic rings. The Morgan fingerprint density at radius 3 is 2.43 bits per heavy atom. The highest BCUT2D eigenvalue weighted by Gasteiger charge is 2.11. The molecule has 1 aromatic carbocycles. The molecule has 1 saturated heterocycles. The van der Waals surface area contributed by atoms with E-state index in [-0.39, 0.29) is 0 Å². The zero-order valence-electron chi connectivity index (χ0n) is 14.0. The molecule has 0 atom stereocenters. The summed E-state index contributed by atoms with van der Waals surface area (Å²) in [6.07, 6.45) is 7.77. The Bertz CT molecular complexity index is 586. The highest BCUT2D eigenvalue weighted by molar-refractivity contribution is 7.09. The molecular weight excluding hydrogens is 304 g/mol. The van der Waals surface area contributed by atoms with Crippen molar-refractivity contribution in [2.24, 2.45) is 0 Å². The molecular formula is C19H26N2OS. The smallest absolute Gasteiger partial charge is 0.118 e. The van der Waals surface area contributed by atoms with Crippen molar-refractivity contribution in [2.75, 3.05) is 20.2 Å². The molecule has 0 amide bonds. The third kappa shape index (κ3) is 5.05. The van der Waals surface area contributed by atoms with Crippen molar-refractivity contribution >= 4 is 11.3 Å². The average Bonchev–Trinajstić information content (AvgIpc) is 2.98. The van der Waals surface area contributed by atoms with Crippen LogP contribution in [0.2, 0.25) is 0 Å². The first-order chi connectivity index (χ1) is 11.3. The van der Waals surface area contributed by atoms with Crippen molar-refractivity contribution in [1.29, 1.82) is 0 Å². The number of nitrogens with zero attached hydrogens (tertiary/aromatic N) is 2. The maximum Gasteiger partial charge on any atom is 0.118 e. The van der Waals surface area contributed by atoms with Gasteiger partial charge in [-0.05, 0) is 43.6 Å². The lowest BCUT2D eigenvalue weighted by Crippen LogP contribution is -2.27. The van der Waals surface area contributed by atoms with Crippen LogP contribution in [0.15, 0.2) is 29.6 Å². The Morgan fingerprint density at radius 1 is 1.04 bits per heavy atom. The molecule has 0 saturated carbocycles. The Hall–Kier alpha value is -1.39. The van der Waals surface area contributed by atoms with E-state index in [4.69, 9.17) is 9.72 Å². The van der Waals surface area contributed by atoms with Crippen molar-refractivity contribution in [3.63, 3.8) is 0 Å². The lowest BCUT2D eigenvalue weighted by Gasteiger charge is -2.23. The molecule has 2 heterocycles. The zero-order chi connectivity index (χ0) is 15.9. The Kier molecular flexibility index (Phi) is 6.06. The monoisotopic (exact) mass is 330 g/mol. The van der Waals surface area contributed by atoms with Gasteiger partial charge in [-0.3, -0.25) is 4.90 Å². The molecule has 3 nitrogen and oxygen atoms in total. The number of aromatic nitrogens is 1. The highest BCUT2D eigenvalue weighted by Crippen LogP contribution is 2.19. The van der Waals surface area contributed by atoms with Gasteiger partial charge in [0.1, 0.15) is 5.75 Å². The van der Waals surface area contributed by atoms with Gasteiger partial charge >= 0.3 is 0 Å². The molecule has 0 radical (unpaired) electrons. The van der Waals surface area contributed by atoms with Crippen LogP contribution in [0.1, 0.15) is 48.4 Å². The number of ether oxygens (including phenoxy) is 1. The van der Waals surface area contributed by atoms with E-state index in [1.54, 1.807) is 18.4 Å². The summed E-state index contributed by atoms with van der Waals surface area (Å²) in [6, 6.07) is 8.28. The Balaban J connectivity index is 1.56. The van der Waals surface area contributed by atoms with E-state index in [1.807, 2.05) is 12.1 Å². The van der Waals surface area contributed by atoms with Gasteiger partial charge in [0.15, 0.2) is 0 Å². The lowest BCUT2D eigenvalue weighted by molar-refractivity contribution is 0.237. The number of hydrogen-bond donors (Lipinski definition) is 0. The summed E-state index contributed by atoms with van der Waals surface area (Å²) in [4.78, 5) is 7.42. The molecule has 124 valence electrons. The summed E-state index contributed by atoms with van der Waals surface area (Å²) in [7, 11) is 1.70. The molecule has 0 spiro atoms. The van der Waals surface area contributed by atoms with Gasteiger partial charge < -0.3 is 4.74 Å². The quantitative estimate of drug-likeness (QED) is 0.806. The first kappa shape index (κ1) is 16.5. The summed E-state index contributed by atoms with van der Waals surface area (Å²) >= 11 is 1.78. The third-order valence-electron chi connectivity index (χ3n) is 4.45. The number of likely N-dealkylation sites (tertiary alicyclic amines) is 1. The molecule has 1 fully saturated rings. The summed E-state index contributed by atoms with van der Waals surface area (Å²) in [5, 5.41) is 3.44. The molecule has 4 heteroatoms. The van der Waals surface area contributed by atoms with Gasteiger partial charge in [-0.2, -0.15) is 0 Å². The van der Waals surface area contributed by atoms with Gasteiger partial charge in [0.25, 0.3) is 0 Å². The fourth-order valence-electron chi connectivity index (χ4n) is 3.12. The zero-order valence-corrected chi connectivity index (χ0v) is 14.8. The SMILES string of the molecule is COc1ccc(Cc2nc(CN3CCCCCCC3)cs2)cc1.